The Morgan fingerprint density at radius 2 is 1.71 bits per heavy atom. The highest BCUT2D eigenvalue weighted by Crippen LogP contribution is 2.21. The van der Waals surface area contributed by atoms with E-state index in [1.165, 1.54) is 0 Å². The van der Waals surface area contributed by atoms with Crippen LogP contribution in [0.1, 0.15) is 37.8 Å². The summed E-state index contributed by atoms with van der Waals surface area (Å²) in [5, 5.41) is 5.88. The maximum absolute atomic E-state index is 13.3. The fourth-order valence-corrected chi connectivity index (χ4v) is 3.79. The Kier molecular flexibility index (Phi) is 8.07. The summed E-state index contributed by atoms with van der Waals surface area (Å²) in [6, 6.07) is 21.2. The van der Waals surface area contributed by atoms with E-state index in [0.717, 1.165) is 28.3 Å². The van der Waals surface area contributed by atoms with E-state index in [2.05, 4.69) is 29.6 Å². The van der Waals surface area contributed by atoms with Crippen LogP contribution < -0.4 is 5.32 Å². The van der Waals surface area contributed by atoms with E-state index < -0.39 is 6.04 Å². The molecule has 0 aliphatic heterocycles. The molecule has 0 bridgehead atoms. The lowest BCUT2D eigenvalue weighted by molar-refractivity contribution is -0.140. The van der Waals surface area contributed by atoms with Crippen LogP contribution >= 0.6 is 11.6 Å². The molecule has 0 heterocycles. The Hall–Kier alpha value is -2.85. The first-order valence-electron chi connectivity index (χ1n) is 10.8. The maximum atomic E-state index is 13.3. The van der Waals surface area contributed by atoms with Gasteiger partial charge in [0.2, 0.25) is 11.8 Å². The van der Waals surface area contributed by atoms with Crippen molar-refractivity contribution in [1.29, 1.82) is 0 Å². The molecule has 0 saturated carbocycles. The molecule has 0 aliphatic carbocycles. The van der Waals surface area contributed by atoms with Gasteiger partial charge in [0, 0.05) is 24.5 Å². The average Bonchev–Trinajstić information content (AvgIpc) is 2.80. The molecule has 2 amide bonds. The lowest BCUT2D eigenvalue weighted by Gasteiger charge is -2.29. The van der Waals surface area contributed by atoms with Gasteiger partial charge in [0.05, 0.1) is 0 Å². The number of aryl methyl sites for hydroxylation is 1. The topological polar surface area (TPSA) is 49.4 Å². The Labute approximate surface area is 189 Å². The number of carbonyl (C=O) groups is 2. The molecule has 31 heavy (non-hydrogen) atoms. The molecule has 0 fully saturated rings. The lowest BCUT2D eigenvalue weighted by Crippen LogP contribution is -2.47. The molecule has 1 atom stereocenters. The van der Waals surface area contributed by atoms with E-state index in [1.807, 2.05) is 37.3 Å². The largest absolute Gasteiger partial charge is 0.354 e. The SMILES string of the molecule is CCCNC(=O)C(C)N(Cc1ccc(Cl)cc1)C(=O)CCc1cccc2ccccc12. The second-order valence-corrected chi connectivity index (χ2v) is 8.19. The smallest absolute Gasteiger partial charge is 0.242 e. The van der Waals surface area contributed by atoms with Gasteiger partial charge in [-0.3, -0.25) is 9.59 Å². The van der Waals surface area contributed by atoms with Crippen LogP contribution in [0.25, 0.3) is 10.8 Å². The summed E-state index contributed by atoms with van der Waals surface area (Å²) in [5.74, 6) is -0.170. The van der Waals surface area contributed by atoms with E-state index in [9.17, 15) is 9.59 Å². The monoisotopic (exact) mass is 436 g/mol. The Morgan fingerprint density at radius 3 is 2.45 bits per heavy atom. The number of hydrogen-bond acceptors (Lipinski definition) is 2. The van der Waals surface area contributed by atoms with Gasteiger partial charge in [0.25, 0.3) is 0 Å². The molecule has 4 nitrogen and oxygen atoms in total. The predicted molar refractivity (Wildman–Crippen MR) is 127 cm³/mol. The van der Waals surface area contributed by atoms with E-state index in [0.29, 0.717) is 31.0 Å². The van der Waals surface area contributed by atoms with Gasteiger partial charge in [-0.2, -0.15) is 0 Å². The first kappa shape index (κ1) is 22.8. The molecule has 162 valence electrons. The van der Waals surface area contributed by atoms with E-state index in [4.69, 9.17) is 11.6 Å². The molecule has 0 radical (unpaired) electrons. The number of halogens is 1. The fourth-order valence-electron chi connectivity index (χ4n) is 3.66. The molecule has 0 aromatic heterocycles. The van der Waals surface area contributed by atoms with Crippen molar-refractivity contribution in [3.05, 3.63) is 82.9 Å². The number of benzene rings is 3. The van der Waals surface area contributed by atoms with Crippen molar-refractivity contribution in [3.63, 3.8) is 0 Å². The highest BCUT2D eigenvalue weighted by molar-refractivity contribution is 6.30. The Bertz CT molecular complexity index is 1030. The second kappa shape index (κ2) is 11.0. The van der Waals surface area contributed by atoms with Gasteiger partial charge in [0.15, 0.2) is 0 Å². The van der Waals surface area contributed by atoms with E-state index in [-0.39, 0.29) is 11.8 Å². The fraction of sp³-hybridized carbons (Fsp3) is 0.308. The number of hydrogen-bond donors (Lipinski definition) is 1. The zero-order valence-corrected chi connectivity index (χ0v) is 18.9. The zero-order chi connectivity index (χ0) is 22.2. The van der Waals surface area contributed by atoms with E-state index in [1.54, 1.807) is 24.0 Å². The molecule has 0 saturated heterocycles. The summed E-state index contributed by atoms with van der Waals surface area (Å²) in [5.41, 5.74) is 2.08. The van der Waals surface area contributed by atoms with Gasteiger partial charge in [0.1, 0.15) is 6.04 Å². The summed E-state index contributed by atoms with van der Waals surface area (Å²) in [7, 11) is 0. The molecule has 5 heteroatoms. The third-order valence-corrected chi connectivity index (χ3v) is 5.72. The predicted octanol–water partition coefficient (Wildman–Crippen LogP) is 5.37. The minimum atomic E-state index is -0.553. The molecular weight excluding hydrogens is 408 g/mol. The summed E-state index contributed by atoms with van der Waals surface area (Å²) in [6.07, 6.45) is 1.82. The van der Waals surface area contributed by atoms with Gasteiger partial charge in [-0.05, 0) is 53.8 Å². The van der Waals surface area contributed by atoms with Crippen molar-refractivity contribution in [2.24, 2.45) is 0 Å². The number of carbonyl (C=O) groups excluding carboxylic acids is 2. The number of nitrogens with zero attached hydrogens (tertiary/aromatic N) is 1. The third-order valence-electron chi connectivity index (χ3n) is 5.47. The van der Waals surface area contributed by atoms with Crippen LogP contribution in [0.2, 0.25) is 5.02 Å². The van der Waals surface area contributed by atoms with Crippen molar-refractivity contribution in [1.82, 2.24) is 10.2 Å². The number of fused-ring (bicyclic) bond motifs is 1. The van der Waals surface area contributed by atoms with Crippen molar-refractivity contribution in [2.45, 2.75) is 45.7 Å². The number of rotatable bonds is 9. The second-order valence-electron chi connectivity index (χ2n) is 7.75. The van der Waals surface area contributed by atoms with Crippen LogP contribution in [-0.2, 0) is 22.6 Å². The van der Waals surface area contributed by atoms with Crippen molar-refractivity contribution < 1.29 is 9.59 Å². The highest BCUT2D eigenvalue weighted by Gasteiger charge is 2.25. The van der Waals surface area contributed by atoms with Gasteiger partial charge >= 0.3 is 0 Å². The van der Waals surface area contributed by atoms with E-state index >= 15 is 0 Å². The summed E-state index contributed by atoms with van der Waals surface area (Å²) in [4.78, 5) is 27.5. The van der Waals surface area contributed by atoms with Gasteiger partial charge in [-0.1, -0.05) is 73.1 Å². The number of amides is 2. The van der Waals surface area contributed by atoms with Crippen molar-refractivity contribution in [3.8, 4) is 0 Å². The van der Waals surface area contributed by atoms with Crippen LogP contribution in [0.4, 0.5) is 0 Å². The molecule has 1 N–H and O–H groups in total. The summed E-state index contributed by atoms with van der Waals surface area (Å²) in [6.45, 7) is 4.76. The minimum Gasteiger partial charge on any atom is -0.354 e. The van der Waals surface area contributed by atoms with Crippen LogP contribution in [-0.4, -0.2) is 29.3 Å². The first-order valence-corrected chi connectivity index (χ1v) is 11.2. The van der Waals surface area contributed by atoms with Crippen LogP contribution in [0.15, 0.2) is 66.7 Å². The molecule has 3 rings (SSSR count). The molecular formula is C26H29ClN2O2. The van der Waals surface area contributed by atoms with Crippen molar-refractivity contribution in [2.75, 3.05) is 6.54 Å². The molecule has 0 spiro atoms. The Balaban J connectivity index is 1.77. The third kappa shape index (κ3) is 6.08. The van der Waals surface area contributed by atoms with Crippen LogP contribution in [0.5, 0.6) is 0 Å². The Morgan fingerprint density at radius 1 is 1.00 bits per heavy atom. The van der Waals surface area contributed by atoms with Crippen LogP contribution in [0.3, 0.4) is 0 Å². The first-order chi connectivity index (χ1) is 15.0. The highest BCUT2D eigenvalue weighted by atomic mass is 35.5. The minimum absolute atomic E-state index is 0.0398. The van der Waals surface area contributed by atoms with Crippen LogP contribution in [0, 0.1) is 0 Å². The maximum Gasteiger partial charge on any atom is 0.242 e. The lowest BCUT2D eigenvalue weighted by atomic mass is 10.0. The van der Waals surface area contributed by atoms with Gasteiger partial charge in [-0.25, -0.2) is 0 Å². The molecule has 1 unspecified atom stereocenters. The summed E-state index contributed by atoms with van der Waals surface area (Å²) >= 11 is 6.00. The normalized spacial score (nSPS) is 11.8. The standard InChI is InChI=1S/C26H29ClN2O2/c1-3-17-28-26(31)19(2)29(18-20-11-14-23(27)15-12-20)25(30)16-13-22-9-6-8-21-7-4-5-10-24(21)22/h4-12,14-15,19H,3,13,16-18H2,1-2H3,(H,28,31). The van der Waals surface area contributed by atoms with Gasteiger partial charge in [-0.15, -0.1) is 0 Å². The quantitative estimate of drug-likeness (QED) is 0.490. The van der Waals surface area contributed by atoms with Gasteiger partial charge < -0.3 is 10.2 Å². The molecule has 3 aromatic rings. The average molecular weight is 437 g/mol. The van der Waals surface area contributed by atoms with Crippen molar-refractivity contribution >= 4 is 34.2 Å². The summed E-state index contributed by atoms with van der Waals surface area (Å²) < 4.78 is 0. The molecule has 0 aliphatic rings. The number of nitrogens with one attached hydrogen (secondary N) is 1. The molecule has 3 aromatic carbocycles. The zero-order valence-electron chi connectivity index (χ0n) is 18.1.